The lowest BCUT2D eigenvalue weighted by Gasteiger charge is -2.47. The number of piperazine rings is 1. The van der Waals surface area contributed by atoms with E-state index in [2.05, 4.69) is 20.0 Å². The van der Waals surface area contributed by atoms with Crippen molar-refractivity contribution in [2.24, 2.45) is 5.92 Å². The van der Waals surface area contributed by atoms with Gasteiger partial charge in [0.05, 0.1) is 5.69 Å². The molecule has 212 valence electrons. The van der Waals surface area contributed by atoms with Gasteiger partial charge in [0.15, 0.2) is 11.6 Å². The van der Waals surface area contributed by atoms with E-state index < -0.39 is 11.6 Å². The molecule has 9 heteroatoms. The van der Waals surface area contributed by atoms with Crippen molar-refractivity contribution in [3.8, 4) is 0 Å². The summed E-state index contributed by atoms with van der Waals surface area (Å²) < 4.78 is 41.2. The minimum atomic E-state index is -0.991. The Morgan fingerprint density at radius 2 is 1.62 bits per heavy atom. The second kappa shape index (κ2) is 13.1. The third kappa shape index (κ3) is 6.97. The third-order valence-corrected chi connectivity index (χ3v) is 8.42. The molecule has 2 aliphatic heterocycles. The largest absolute Gasteiger partial charge is 0.367 e. The highest BCUT2D eigenvalue weighted by Gasteiger charge is 2.35. The molecule has 40 heavy (non-hydrogen) atoms. The van der Waals surface area contributed by atoms with Gasteiger partial charge >= 0.3 is 0 Å². The first-order valence-corrected chi connectivity index (χ1v) is 14.2. The molecule has 0 bridgehead atoms. The average Bonchev–Trinajstić information content (AvgIpc) is 2.96. The summed E-state index contributed by atoms with van der Waals surface area (Å²) in [7, 11) is 0. The molecular formula is C31H34ClF3N4O. The molecule has 0 radical (unpaired) electrons. The number of hydrogen-bond acceptors (Lipinski definition) is 4. The molecule has 2 fully saturated rings. The molecule has 2 saturated heterocycles. The Hall–Kier alpha value is -3.07. The Labute approximate surface area is 238 Å². The predicted octanol–water partition coefficient (Wildman–Crippen LogP) is 6.19. The Bertz CT molecular complexity index is 1320. The van der Waals surface area contributed by atoms with E-state index in [0.717, 1.165) is 75.0 Å². The monoisotopic (exact) mass is 570 g/mol. The van der Waals surface area contributed by atoms with Crippen molar-refractivity contribution in [1.82, 2.24) is 9.80 Å². The minimum absolute atomic E-state index is 0.200. The standard InChI is InChI=1S/C31H34ClF3N4O/c32-25-6-2-1-5-22(25)20-37-14-13-29(38-15-17-39(18-16-38)30-8-4-3-7-27(30)34)23(21-37)9-12-31(40)36-24-10-11-26(33)28(35)19-24/h1-8,10-11,19,23,29H,9,12-18,20-21H2,(H,36,40)/t23-,29+/m0/s1. The zero-order chi connectivity index (χ0) is 28.1. The molecule has 0 aromatic heterocycles. The van der Waals surface area contributed by atoms with E-state index in [4.69, 9.17) is 11.6 Å². The number of nitrogens with zero attached hydrogens (tertiary/aromatic N) is 3. The first kappa shape index (κ1) is 28.5. The second-order valence-corrected chi connectivity index (χ2v) is 11.0. The van der Waals surface area contributed by atoms with Gasteiger partial charge < -0.3 is 10.2 Å². The highest BCUT2D eigenvalue weighted by atomic mass is 35.5. The van der Waals surface area contributed by atoms with Gasteiger partial charge in [-0.1, -0.05) is 41.9 Å². The molecule has 5 nitrogen and oxygen atoms in total. The summed E-state index contributed by atoms with van der Waals surface area (Å²) in [6, 6.07) is 18.4. The number of hydrogen-bond donors (Lipinski definition) is 1. The Morgan fingerprint density at radius 3 is 2.38 bits per heavy atom. The highest BCUT2D eigenvalue weighted by molar-refractivity contribution is 6.31. The fourth-order valence-electron chi connectivity index (χ4n) is 5.99. The summed E-state index contributed by atoms with van der Waals surface area (Å²) in [5.41, 5.74) is 1.96. The van der Waals surface area contributed by atoms with Crippen molar-refractivity contribution in [2.75, 3.05) is 49.5 Å². The molecule has 1 N–H and O–H groups in total. The smallest absolute Gasteiger partial charge is 0.224 e. The molecule has 2 aliphatic rings. The van der Waals surface area contributed by atoms with Crippen molar-refractivity contribution in [3.63, 3.8) is 0 Å². The van der Waals surface area contributed by atoms with Crippen LogP contribution in [0.1, 0.15) is 24.8 Å². The topological polar surface area (TPSA) is 38.8 Å². The van der Waals surface area contributed by atoms with Gasteiger partial charge in [-0.05, 0) is 61.2 Å². The molecule has 2 heterocycles. The summed E-state index contributed by atoms with van der Waals surface area (Å²) in [5, 5.41) is 3.45. The Kier molecular flexibility index (Phi) is 9.29. The van der Waals surface area contributed by atoms with Crippen LogP contribution in [0.15, 0.2) is 66.7 Å². The van der Waals surface area contributed by atoms with E-state index in [-0.39, 0.29) is 29.8 Å². The van der Waals surface area contributed by atoms with Gasteiger partial charge in [0.2, 0.25) is 5.91 Å². The van der Waals surface area contributed by atoms with E-state index >= 15 is 0 Å². The first-order chi connectivity index (χ1) is 19.4. The van der Waals surface area contributed by atoms with Crippen LogP contribution >= 0.6 is 11.6 Å². The lowest BCUT2D eigenvalue weighted by Crippen LogP contribution is -2.56. The Morgan fingerprint density at radius 1 is 0.875 bits per heavy atom. The maximum atomic E-state index is 14.4. The van der Waals surface area contributed by atoms with Gasteiger partial charge in [0.1, 0.15) is 5.82 Å². The molecule has 0 saturated carbocycles. The second-order valence-electron chi connectivity index (χ2n) is 10.6. The van der Waals surface area contributed by atoms with Crippen LogP contribution in [0.5, 0.6) is 0 Å². The van der Waals surface area contributed by atoms with Crippen LogP contribution in [-0.4, -0.2) is 61.0 Å². The molecule has 5 rings (SSSR count). The van der Waals surface area contributed by atoms with E-state index in [1.54, 1.807) is 6.07 Å². The van der Waals surface area contributed by atoms with Gasteiger partial charge in [-0.15, -0.1) is 0 Å². The quantitative estimate of drug-likeness (QED) is 0.351. The van der Waals surface area contributed by atoms with E-state index in [1.165, 1.54) is 12.1 Å². The number of amides is 1. The fraction of sp³-hybridized carbons (Fsp3) is 0.387. The van der Waals surface area contributed by atoms with Crippen LogP contribution < -0.4 is 10.2 Å². The van der Waals surface area contributed by atoms with E-state index in [0.29, 0.717) is 18.2 Å². The maximum absolute atomic E-state index is 14.4. The zero-order valence-corrected chi connectivity index (χ0v) is 23.1. The number of halogens is 4. The van der Waals surface area contributed by atoms with Gasteiger partial charge in [-0.3, -0.25) is 14.6 Å². The number of carbonyl (C=O) groups is 1. The normalized spacial score (nSPS) is 20.4. The molecule has 0 aliphatic carbocycles. The number of likely N-dealkylation sites (tertiary alicyclic amines) is 1. The number of carbonyl (C=O) groups excluding carboxylic acids is 1. The van der Waals surface area contributed by atoms with Crippen molar-refractivity contribution >= 4 is 28.9 Å². The maximum Gasteiger partial charge on any atom is 0.224 e. The predicted molar refractivity (Wildman–Crippen MR) is 153 cm³/mol. The van der Waals surface area contributed by atoms with Gasteiger partial charge in [0.25, 0.3) is 0 Å². The molecule has 0 unspecified atom stereocenters. The van der Waals surface area contributed by atoms with Gasteiger partial charge in [-0.2, -0.15) is 0 Å². The lowest BCUT2D eigenvalue weighted by molar-refractivity contribution is -0.116. The highest BCUT2D eigenvalue weighted by Crippen LogP contribution is 2.30. The van der Waals surface area contributed by atoms with Crippen molar-refractivity contribution in [1.29, 1.82) is 0 Å². The number of rotatable bonds is 8. The minimum Gasteiger partial charge on any atom is -0.367 e. The van der Waals surface area contributed by atoms with E-state index in [9.17, 15) is 18.0 Å². The SMILES string of the molecule is O=C(CC[C@H]1CN(Cc2ccccc2Cl)CC[C@H]1N1CCN(c2ccccc2F)CC1)Nc1ccc(F)c(F)c1. The Balaban J connectivity index is 1.24. The van der Waals surface area contributed by atoms with Crippen LogP contribution in [0, 0.1) is 23.4 Å². The molecular weight excluding hydrogens is 537 g/mol. The summed E-state index contributed by atoms with van der Waals surface area (Å²) in [6.07, 6.45) is 1.89. The number of benzene rings is 3. The molecule has 3 aromatic carbocycles. The third-order valence-electron chi connectivity index (χ3n) is 8.05. The van der Waals surface area contributed by atoms with Gasteiger partial charge in [0, 0.05) is 68.5 Å². The first-order valence-electron chi connectivity index (χ1n) is 13.8. The molecule has 2 atom stereocenters. The van der Waals surface area contributed by atoms with Gasteiger partial charge in [-0.25, -0.2) is 13.2 Å². The molecule has 3 aromatic rings. The average molecular weight is 571 g/mol. The molecule has 0 spiro atoms. The van der Waals surface area contributed by atoms with Crippen LogP contribution in [0.25, 0.3) is 0 Å². The van der Waals surface area contributed by atoms with Crippen LogP contribution in [0.3, 0.4) is 0 Å². The number of para-hydroxylation sites is 1. The van der Waals surface area contributed by atoms with Crippen molar-refractivity contribution in [3.05, 3.63) is 94.8 Å². The van der Waals surface area contributed by atoms with Crippen molar-refractivity contribution in [2.45, 2.75) is 31.8 Å². The van der Waals surface area contributed by atoms with Crippen LogP contribution in [0.2, 0.25) is 5.02 Å². The van der Waals surface area contributed by atoms with E-state index in [1.807, 2.05) is 36.4 Å². The van der Waals surface area contributed by atoms with Crippen LogP contribution in [-0.2, 0) is 11.3 Å². The number of piperidine rings is 1. The summed E-state index contributed by atoms with van der Waals surface area (Å²) >= 11 is 6.44. The fourth-order valence-corrected chi connectivity index (χ4v) is 6.18. The van der Waals surface area contributed by atoms with Crippen molar-refractivity contribution < 1.29 is 18.0 Å². The number of nitrogens with one attached hydrogen (secondary N) is 1. The zero-order valence-electron chi connectivity index (χ0n) is 22.3. The lowest BCUT2D eigenvalue weighted by atomic mass is 9.86. The summed E-state index contributed by atoms with van der Waals surface area (Å²) in [5.74, 6) is -2.13. The summed E-state index contributed by atoms with van der Waals surface area (Å²) in [4.78, 5) is 19.8. The number of anilines is 2. The summed E-state index contributed by atoms with van der Waals surface area (Å²) in [6.45, 7) is 5.60. The van der Waals surface area contributed by atoms with Crippen LogP contribution in [0.4, 0.5) is 24.5 Å². The molecule has 1 amide bonds.